The van der Waals surface area contributed by atoms with Crippen LogP contribution in [0.25, 0.3) is 32.7 Å². The van der Waals surface area contributed by atoms with E-state index in [0.717, 1.165) is 38.4 Å². The third-order valence-corrected chi connectivity index (χ3v) is 4.60. The molecule has 4 heteroatoms. The van der Waals surface area contributed by atoms with Crippen molar-refractivity contribution in [2.24, 2.45) is 0 Å². The number of amides is 1. The van der Waals surface area contributed by atoms with Crippen LogP contribution in [0.2, 0.25) is 0 Å². The van der Waals surface area contributed by atoms with Crippen LogP contribution in [0.4, 0.5) is 5.69 Å². The molecule has 4 rings (SSSR count). The largest absolute Gasteiger partial charge is 0.316 e. The zero-order chi connectivity index (χ0) is 18.1. The second kappa shape index (κ2) is 6.30. The number of hydrogen-bond acceptors (Lipinski definition) is 3. The molecule has 0 N–H and O–H groups in total. The molecule has 1 amide bonds. The summed E-state index contributed by atoms with van der Waals surface area (Å²) in [7, 11) is 1.67. The fourth-order valence-electron chi connectivity index (χ4n) is 3.26. The van der Waals surface area contributed by atoms with E-state index in [1.54, 1.807) is 13.2 Å². The van der Waals surface area contributed by atoms with Gasteiger partial charge in [0.05, 0.1) is 11.6 Å². The zero-order valence-corrected chi connectivity index (χ0v) is 14.1. The molecule has 1 heterocycles. The van der Waals surface area contributed by atoms with Crippen molar-refractivity contribution in [1.82, 2.24) is 4.98 Å². The van der Waals surface area contributed by atoms with Gasteiger partial charge in [-0.2, -0.15) is 5.26 Å². The zero-order valence-electron chi connectivity index (χ0n) is 14.1. The van der Waals surface area contributed by atoms with Crippen molar-refractivity contribution in [1.29, 1.82) is 5.26 Å². The van der Waals surface area contributed by atoms with Gasteiger partial charge in [-0.3, -0.25) is 9.78 Å². The Labute approximate surface area is 150 Å². The molecule has 0 saturated carbocycles. The van der Waals surface area contributed by atoms with E-state index in [9.17, 15) is 10.1 Å². The third kappa shape index (κ3) is 2.47. The Balaban J connectivity index is 2.05. The monoisotopic (exact) mass is 336 g/mol. The molecule has 0 aliphatic rings. The summed E-state index contributed by atoms with van der Waals surface area (Å²) in [6.07, 6.45) is 5.51. The van der Waals surface area contributed by atoms with Gasteiger partial charge in [0.15, 0.2) is 0 Å². The fraction of sp³-hybridized carbons (Fsp3) is 0.0455. The molecule has 123 valence electrons. The minimum Gasteiger partial charge on any atom is -0.307 e. The van der Waals surface area contributed by atoms with Crippen molar-refractivity contribution < 1.29 is 4.79 Å². The number of fused-ring (bicyclic) bond motifs is 2. The maximum Gasteiger partial charge on any atom is 0.316 e. The third-order valence-electron chi connectivity index (χ3n) is 4.60. The number of hydrogen-bond donors (Lipinski definition) is 0. The summed E-state index contributed by atoms with van der Waals surface area (Å²) in [6, 6.07) is 19.7. The lowest BCUT2D eigenvalue weighted by molar-refractivity contribution is 0.554. The normalized spacial score (nSPS) is 10.6. The highest BCUT2D eigenvalue weighted by atomic mass is 16.1. The van der Waals surface area contributed by atoms with Crippen molar-refractivity contribution in [2.45, 2.75) is 0 Å². The number of anilines is 1. The highest BCUT2D eigenvalue weighted by molar-refractivity contribution is 6.07. The maximum atomic E-state index is 11.0. The number of rotatable bonds is 3. The maximum absolute atomic E-state index is 11.0. The van der Waals surface area contributed by atoms with Gasteiger partial charge in [-0.05, 0) is 34.5 Å². The highest BCUT2D eigenvalue weighted by Gasteiger charge is 2.12. The van der Waals surface area contributed by atoms with Gasteiger partial charge < -0.3 is 4.90 Å². The Kier molecular flexibility index (Phi) is 3.83. The van der Waals surface area contributed by atoms with E-state index in [4.69, 9.17) is 0 Å². The van der Waals surface area contributed by atoms with Gasteiger partial charge in [0, 0.05) is 41.5 Å². The first kappa shape index (κ1) is 15.8. The standard InChI is InChI=1S/C22H14N3O/c1-25(14-26)17-8-6-16-12-24-13-22(21(16)10-17)20-9-7-15(11-23)18-4-2-3-5-19(18)20/h2-10,12-13H,1H3. The minimum atomic E-state index is 0.647. The van der Waals surface area contributed by atoms with E-state index < -0.39 is 0 Å². The van der Waals surface area contributed by atoms with Crippen LogP contribution in [0.1, 0.15) is 5.56 Å². The molecule has 0 aliphatic carbocycles. The average molecular weight is 336 g/mol. The van der Waals surface area contributed by atoms with Crippen molar-refractivity contribution in [2.75, 3.05) is 11.9 Å². The van der Waals surface area contributed by atoms with E-state index in [1.165, 1.54) is 4.90 Å². The van der Waals surface area contributed by atoms with Crippen LogP contribution in [-0.2, 0) is 4.79 Å². The van der Waals surface area contributed by atoms with Gasteiger partial charge in [0.1, 0.15) is 0 Å². The van der Waals surface area contributed by atoms with E-state index >= 15 is 0 Å². The van der Waals surface area contributed by atoms with Crippen LogP contribution in [0.5, 0.6) is 0 Å². The first-order valence-corrected chi connectivity index (χ1v) is 8.14. The molecule has 4 nitrogen and oxygen atoms in total. The Bertz CT molecular complexity index is 1190. The Morgan fingerprint density at radius 1 is 0.923 bits per heavy atom. The van der Waals surface area contributed by atoms with E-state index in [0.29, 0.717) is 5.56 Å². The van der Waals surface area contributed by atoms with Crippen LogP contribution in [-0.4, -0.2) is 18.4 Å². The van der Waals surface area contributed by atoms with Crippen LogP contribution < -0.4 is 4.90 Å². The number of pyridine rings is 1. The van der Waals surface area contributed by atoms with Crippen molar-refractivity contribution >= 4 is 33.6 Å². The van der Waals surface area contributed by atoms with Gasteiger partial charge in [-0.25, -0.2) is 0 Å². The molecule has 0 aliphatic heterocycles. The Morgan fingerprint density at radius 3 is 2.50 bits per heavy atom. The SMILES string of the molecule is CN([C]=O)c1ccc2cncc(-c3ccc(C#N)c4ccccc34)c2c1. The number of nitriles is 1. The smallest absolute Gasteiger partial charge is 0.307 e. The van der Waals surface area contributed by atoms with Crippen LogP contribution in [0.3, 0.4) is 0 Å². The summed E-state index contributed by atoms with van der Waals surface area (Å²) in [6.45, 7) is 0. The van der Waals surface area contributed by atoms with E-state index in [-0.39, 0.29) is 0 Å². The van der Waals surface area contributed by atoms with E-state index in [2.05, 4.69) is 11.1 Å². The van der Waals surface area contributed by atoms with Crippen LogP contribution >= 0.6 is 0 Å². The summed E-state index contributed by atoms with van der Waals surface area (Å²) >= 11 is 0. The highest BCUT2D eigenvalue weighted by Crippen LogP contribution is 2.35. The van der Waals surface area contributed by atoms with Crippen molar-refractivity contribution in [3.8, 4) is 17.2 Å². The topological polar surface area (TPSA) is 57.0 Å². The predicted octanol–water partition coefficient (Wildman–Crippen LogP) is 4.43. The van der Waals surface area contributed by atoms with Crippen LogP contribution in [0, 0.1) is 11.3 Å². The lowest BCUT2D eigenvalue weighted by atomic mass is 9.93. The Morgan fingerprint density at radius 2 is 1.73 bits per heavy atom. The summed E-state index contributed by atoms with van der Waals surface area (Å²) in [5.41, 5.74) is 3.38. The molecule has 0 unspecified atom stereocenters. The molecule has 1 radical (unpaired) electrons. The van der Waals surface area contributed by atoms with Crippen molar-refractivity contribution in [3.05, 3.63) is 72.6 Å². The quantitative estimate of drug-likeness (QED) is 0.520. The molecule has 0 spiro atoms. The molecule has 1 aromatic heterocycles. The first-order valence-electron chi connectivity index (χ1n) is 8.14. The fourth-order valence-corrected chi connectivity index (χ4v) is 3.26. The lowest BCUT2D eigenvalue weighted by Crippen LogP contribution is -2.13. The molecular formula is C22H14N3O. The summed E-state index contributed by atoms with van der Waals surface area (Å²) in [5, 5.41) is 13.3. The minimum absolute atomic E-state index is 0.647. The summed E-state index contributed by atoms with van der Waals surface area (Å²) in [4.78, 5) is 16.8. The van der Waals surface area contributed by atoms with E-state index in [1.807, 2.05) is 67.2 Å². The van der Waals surface area contributed by atoms with Gasteiger partial charge in [-0.1, -0.05) is 36.4 Å². The number of aromatic nitrogens is 1. The second-order valence-electron chi connectivity index (χ2n) is 6.06. The molecule has 26 heavy (non-hydrogen) atoms. The first-order chi connectivity index (χ1) is 12.7. The number of carbonyl (C=O) groups excluding carboxylic acids is 1. The average Bonchev–Trinajstić information content (AvgIpc) is 2.71. The molecule has 3 aromatic carbocycles. The molecular weight excluding hydrogens is 322 g/mol. The number of nitrogens with zero attached hydrogens (tertiary/aromatic N) is 3. The summed E-state index contributed by atoms with van der Waals surface area (Å²) in [5.74, 6) is 0. The lowest BCUT2D eigenvalue weighted by Gasteiger charge is -2.14. The van der Waals surface area contributed by atoms with Crippen molar-refractivity contribution in [3.63, 3.8) is 0 Å². The van der Waals surface area contributed by atoms with Gasteiger partial charge in [0.25, 0.3) is 0 Å². The van der Waals surface area contributed by atoms with Crippen LogP contribution in [0.15, 0.2) is 67.0 Å². The molecule has 0 bridgehead atoms. The van der Waals surface area contributed by atoms with Gasteiger partial charge in [-0.15, -0.1) is 0 Å². The molecule has 4 aromatic rings. The Hall–Kier alpha value is -3.71. The molecule has 0 atom stereocenters. The molecule has 0 fully saturated rings. The van der Waals surface area contributed by atoms with Gasteiger partial charge >= 0.3 is 6.41 Å². The van der Waals surface area contributed by atoms with Gasteiger partial charge in [0.2, 0.25) is 0 Å². The summed E-state index contributed by atoms with van der Waals surface area (Å²) < 4.78 is 0. The number of benzene rings is 3. The predicted molar refractivity (Wildman–Crippen MR) is 103 cm³/mol. The molecule has 0 saturated heterocycles. The second-order valence-corrected chi connectivity index (χ2v) is 6.06.